The third kappa shape index (κ3) is 3.75. The lowest BCUT2D eigenvalue weighted by atomic mass is 10.1. The van der Waals surface area contributed by atoms with Crippen LogP contribution in [-0.2, 0) is 6.61 Å². The van der Waals surface area contributed by atoms with E-state index in [0.29, 0.717) is 37.3 Å². The third-order valence-electron chi connectivity index (χ3n) is 4.80. The zero-order chi connectivity index (χ0) is 21.3. The quantitative estimate of drug-likeness (QED) is 0.257. The Bertz CT molecular complexity index is 1160. The molecule has 0 aromatic heterocycles. The number of allylic oxidation sites excluding steroid dienone is 1. The number of ketones is 2. The van der Waals surface area contributed by atoms with E-state index in [4.69, 9.17) is 9.47 Å². The number of fused-ring (bicyclic) bond motifs is 1. The van der Waals surface area contributed by atoms with Crippen molar-refractivity contribution in [2.75, 3.05) is 7.11 Å². The van der Waals surface area contributed by atoms with Crippen molar-refractivity contribution in [2.45, 2.75) is 6.61 Å². The van der Waals surface area contributed by atoms with Crippen LogP contribution in [0.4, 0.5) is 4.39 Å². The van der Waals surface area contributed by atoms with Crippen molar-refractivity contribution in [1.82, 2.24) is 0 Å². The SMILES string of the molecule is COc1cc(C=C2C(=O)c3ccccc3C2=O)cc(I)c1OCc1ccccc1F. The average Bonchev–Trinajstić information content (AvgIpc) is 2.99. The van der Waals surface area contributed by atoms with Crippen LogP contribution >= 0.6 is 22.6 Å². The predicted molar refractivity (Wildman–Crippen MR) is 120 cm³/mol. The number of rotatable bonds is 5. The minimum Gasteiger partial charge on any atom is -0.493 e. The Kier molecular flexibility index (Phi) is 5.67. The number of halogens is 2. The maximum absolute atomic E-state index is 13.9. The Morgan fingerprint density at radius 3 is 2.23 bits per heavy atom. The van der Waals surface area contributed by atoms with Gasteiger partial charge < -0.3 is 9.47 Å². The molecule has 3 aromatic carbocycles. The standard InChI is InChI=1S/C24H16FIO4/c1-29-21-12-14(10-18-22(27)16-7-3-4-8-17(16)23(18)28)11-20(26)24(21)30-13-15-6-2-5-9-19(15)25/h2-12H,13H2,1H3. The molecular weight excluding hydrogens is 498 g/mol. The molecule has 150 valence electrons. The fourth-order valence-electron chi connectivity index (χ4n) is 3.30. The molecule has 3 aromatic rings. The fourth-order valence-corrected chi connectivity index (χ4v) is 4.08. The second kappa shape index (κ2) is 8.39. The number of ether oxygens (including phenoxy) is 2. The first-order valence-corrected chi connectivity index (χ1v) is 10.2. The van der Waals surface area contributed by atoms with Crippen molar-refractivity contribution in [3.63, 3.8) is 0 Å². The molecular formula is C24H16FIO4. The van der Waals surface area contributed by atoms with E-state index in [2.05, 4.69) is 22.6 Å². The number of hydrogen-bond donors (Lipinski definition) is 0. The summed E-state index contributed by atoms with van der Waals surface area (Å²) in [5.74, 6) is -0.0177. The van der Waals surface area contributed by atoms with Crippen LogP contribution in [0.5, 0.6) is 11.5 Å². The number of benzene rings is 3. The molecule has 0 atom stereocenters. The van der Waals surface area contributed by atoms with Gasteiger partial charge in [0.1, 0.15) is 12.4 Å². The predicted octanol–water partition coefficient (Wildman–Crippen LogP) is 5.48. The largest absolute Gasteiger partial charge is 0.493 e. The highest BCUT2D eigenvalue weighted by molar-refractivity contribution is 14.1. The van der Waals surface area contributed by atoms with Crippen LogP contribution in [0.1, 0.15) is 31.8 Å². The first-order chi connectivity index (χ1) is 14.5. The average molecular weight is 514 g/mol. The Morgan fingerprint density at radius 1 is 0.967 bits per heavy atom. The Balaban J connectivity index is 1.65. The van der Waals surface area contributed by atoms with E-state index in [9.17, 15) is 14.0 Å². The minimum absolute atomic E-state index is 0.0474. The molecule has 1 aliphatic carbocycles. The van der Waals surface area contributed by atoms with E-state index >= 15 is 0 Å². The highest BCUT2D eigenvalue weighted by atomic mass is 127. The molecule has 1 aliphatic rings. The van der Waals surface area contributed by atoms with Gasteiger partial charge in [-0.15, -0.1) is 0 Å². The first-order valence-electron chi connectivity index (χ1n) is 9.13. The Labute approximate surface area is 186 Å². The molecule has 6 heteroatoms. The molecule has 0 aliphatic heterocycles. The molecule has 0 spiro atoms. The lowest BCUT2D eigenvalue weighted by Crippen LogP contribution is -2.03. The van der Waals surface area contributed by atoms with Crippen LogP contribution in [0.15, 0.2) is 66.2 Å². The van der Waals surface area contributed by atoms with Gasteiger partial charge in [-0.05, 0) is 52.4 Å². The topological polar surface area (TPSA) is 52.6 Å². The van der Waals surface area contributed by atoms with Crippen molar-refractivity contribution >= 4 is 40.2 Å². The molecule has 0 heterocycles. The van der Waals surface area contributed by atoms with Gasteiger partial charge in [0, 0.05) is 16.7 Å². The Hall–Kier alpha value is -3.00. The number of carbonyl (C=O) groups excluding carboxylic acids is 2. The smallest absolute Gasteiger partial charge is 0.197 e. The molecule has 30 heavy (non-hydrogen) atoms. The summed E-state index contributed by atoms with van der Waals surface area (Å²) in [6.07, 6.45) is 1.57. The van der Waals surface area contributed by atoms with Crippen LogP contribution < -0.4 is 9.47 Å². The summed E-state index contributed by atoms with van der Waals surface area (Å²) in [7, 11) is 1.50. The molecule has 0 radical (unpaired) electrons. The summed E-state index contributed by atoms with van der Waals surface area (Å²) in [5, 5.41) is 0. The van der Waals surface area contributed by atoms with Crippen LogP contribution in [-0.4, -0.2) is 18.7 Å². The molecule has 0 unspecified atom stereocenters. The van der Waals surface area contributed by atoms with E-state index in [1.807, 2.05) is 0 Å². The second-order valence-electron chi connectivity index (χ2n) is 6.68. The Morgan fingerprint density at radius 2 is 1.60 bits per heavy atom. The van der Waals surface area contributed by atoms with Gasteiger partial charge in [0.15, 0.2) is 23.1 Å². The highest BCUT2D eigenvalue weighted by Gasteiger charge is 2.32. The summed E-state index contributed by atoms with van der Waals surface area (Å²) >= 11 is 2.09. The molecule has 4 rings (SSSR count). The van der Waals surface area contributed by atoms with Gasteiger partial charge in [0.05, 0.1) is 16.3 Å². The third-order valence-corrected chi connectivity index (χ3v) is 5.60. The summed E-state index contributed by atoms with van der Waals surface area (Å²) in [4.78, 5) is 25.3. The van der Waals surface area contributed by atoms with Crippen molar-refractivity contribution in [3.8, 4) is 11.5 Å². The van der Waals surface area contributed by atoms with Crippen molar-refractivity contribution in [1.29, 1.82) is 0 Å². The molecule has 0 saturated heterocycles. The highest BCUT2D eigenvalue weighted by Crippen LogP contribution is 2.36. The number of hydrogen-bond acceptors (Lipinski definition) is 4. The molecule has 0 saturated carbocycles. The van der Waals surface area contributed by atoms with E-state index < -0.39 is 0 Å². The zero-order valence-electron chi connectivity index (χ0n) is 15.9. The van der Waals surface area contributed by atoms with E-state index in [1.165, 1.54) is 13.2 Å². The van der Waals surface area contributed by atoms with Crippen molar-refractivity contribution in [2.24, 2.45) is 0 Å². The van der Waals surface area contributed by atoms with Gasteiger partial charge >= 0.3 is 0 Å². The second-order valence-corrected chi connectivity index (χ2v) is 7.84. The van der Waals surface area contributed by atoms with Gasteiger partial charge in [0.25, 0.3) is 0 Å². The van der Waals surface area contributed by atoms with Crippen LogP contribution in [0.2, 0.25) is 0 Å². The monoisotopic (exact) mass is 514 g/mol. The van der Waals surface area contributed by atoms with Crippen molar-refractivity contribution < 1.29 is 23.5 Å². The lowest BCUT2D eigenvalue weighted by Gasteiger charge is -2.14. The minimum atomic E-state index is -0.342. The van der Waals surface area contributed by atoms with E-state index in [0.717, 1.165) is 0 Å². The summed E-state index contributed by atoms with van der Waals surface area (Å²) in [5.41, 5.74) is 2.02. The van der Waals surface area contributed by atoms with Gasteiger partial charge in [-0.3, -0.25) is 9.59 Å². The molecule has 0 N–H and O–H groups in total. The molecule has 0 fully saturated rings. The van der Waals surface area contributed by atoms with Gasteiger partial charge in [-0.2, -0.15) is 0 Å². The number of carbonyl (C=O) groups is 2. The zero-order valence-corrected chi connectivity index (χ0v) is 18.1. The van der Waals surface area contributed by atoms with Gasteiger partial charge in [-0.25, -0.2) is 4.39 Å². The maximum Gasteiger partial charge on any atom is 0.197 e. The van der Waals surface area contributed by atoms with Crippen LogP contribution in [0.3, 0.4) is 0 Å². The molecule has 4 nitrogen and oxygen atoms in total. The fraction of sp³-hybridized carbons (Fsp3) is 0.0833. The van der Waals surface area contributed by atoms with Crippen LogP contribution in [0, 0.1) is 9.39 Å². The van der Waals surface area contributed by atoms with E-state index in [-0.39, 0.29) is 29.6 Å². The lowest BCUT2D eigenvalue weighted by molar-refractivity contribution is 0.0990. The molecule has 0 amide bonds. The summed E-state index contributed by atoms with van der Waals surface area (Å²) in [6, 6.07) is 16.7. The maximum atomic E-state index is 13.9. The van der Waals surface area contributed by atoms with Crippen LogP contribution in [0.25, 0.3) is 6.08 Å². The summed E-state index contributed by atoms with van der Waals surface area (Å²) < 4.78 is 25.8. The van der Waals surface area contributed by atoms with Gasteiger partial charge in [0.2, 0.25) is 0 Å². The van der Waals surface area contributed by atoms with Crippen molar-refractivity contribution in [3.05, 3.63) is 97.9 Å². The van der Waals surface area contributed by atoms with Gasteiger partial charge in [-0.1, -0.05) is 42.5 Å². The van der Waals surface area contributed by atoms with E-state index in [1.54, 1.807) is 60.7 Å². The normalized spacial score (nSPS) is 12.7. The summed E-state index contributed by atoms with van der Waals surface area (Å²) in [6.45, 7) is 0.0474. The molecule has 0 bridgehead atoms. The number of methoxy groups -OCH3 is 1. The number of Topliss-reactive ketones (excluding diaryl/α,β-unsaturated/α-hetero) is 2. The first kappa shape index (κ1) is 20.3.